The average Bonchev–Trinajstić information content (AvgIpc) is 2.67. The summed E-state index contributed by atoms with van der Waals surface area (Å²) in [5, 5.41) is 0. The van der Waals surface area contributed by atoms with E-state index in [2.05, 4.69) is 23.7 Å². The summed E-state index contributed by atoms with van der Waals surface area (Å²) in [6, 6.07) is 17.2. The Labute approximate surface area is 166 Å². The predicted molar refractivity (Wildman–Crippen MR) is 111 cm³/mol. The van der Waals surface area contributed by atoms with Gasteiger partial charge in [0, 0.05) is 11.1 Å². The van der Waals surface area contributed by atoms with Crippen molar-refractivity contribution in [3.05, 3.63) is 83.4 Å². The average molecular weight is 378 g/mol. The summed E-state index contributed by atoms with van der Waals surface area (Å²) < 4.78 is 28.1. The molecule has 2 rings (SSSR count). The topological polar surface area (TPSA) is 6.48 Å². The molecule has 0 saturated heterocycles. The van der Waals surface area contributed by atoms with Crippen LogP contribution in [0, 0.1) is 23.7 Å². The third kappa shape index (κ3) is 6.06. The van der Waals surface area contributed by atoms with Crippen molar-refractivity contribution in [3.63, 3.8) is 0 Å². The van der Waals surface area contributed by atoms with E-state index in [1.54, 1.807) is 38.0 Å². The molecule has 2 unspecified atom stereocenters. The molecule has 0 fully saturated rings. The van der Waals surface area contributed by atoms with E-state index in [0.29, 0.717) is 0 Å². The maximum Gasteiger partial charge on any atom is 0.274 e. The van der Waals surface area contributed by atoms with Gasteiger partial charge in [0.1, 0.15) is 12.1 Å². The van der Waals surface area contributed by atoms with Crippen LogP contribution in [0.5, 0.6) is 0 Å². The third-order valence-electron chi connectivity index (χ3n) is 4.09. The van der Waals surface area contributed by atoms with E-state index in [1.807, 2.05) is 60.7 Å². The summed E-state index contributed by atoms with van der Waals surface area (Å²) in [5.74, 6) is 12.0. The number of hydrogen-bond donors (Lipinski definition) is 0. The van der Waals surface area contributed by atoms with Crippen LogP contribution in [0.1, 0.15) is 11.1 Å². The highest BCUT2D eigenvalue weighted by molar-refractivity contribution is 5.43. The number of likely N-dealkylation sites (N-methyl/N-ethyl adjacent to an activating group) is 2. The molecule has 2 atom stereocenters. The summed E-state index contributed by atoms with van der Waals surface area (Å²) in [4.78, 5) is 3.37. The second-order valence-electron chi connectivity index (χ2n) is 6.72. The van der Waals surface area contributed by atoms with E-state index in [9.17, 15) is 8.78 Å². The molecule has 2 aromatic rings. The van der Waals surface area contributed by atoms with Crippen LogP contribution < -0.4 is 0 Å². The van der Waals surface area contributed by atoms with Crippen molar-refractivity contribution in [1.29, 1.82) is 0 Å². The van der Waals surface area contributed by atoms with E-state index < -0.39 is 18.2 Å². The molecule has 2 aromatic carbocycles. The number of rotatable bonds is 4. The normalized spacial score (nSPS) is 12.4. The highest BCUT2D eigenvalue weighted by Crippen LogP contribution is 2.22. The van der Waals surface area contributed by atoms with Crippen LogP contribution in [0.25, 0.3) is 0 Å². The van der Waals surface area contributed by atoms with Crippen molar-refractivity contribution in [3.8, 4) is 23.7 Å². The summed E-state index contributed by atoms with van der Waals surface area (Å²) in [6.45, 7) is 0. The summed E-state index contributed by atoms with van der Waals surface area (Å²) in [5.41, 5.74) is 1.47. The van der Waals surface area contributed by atoms with Crippen molar-refractivity contribution < 1.29 is 8.78 Å². The van der Waals surface area contributed by atoms with Crippen LogP contribution in [0.2, 0.25) is 0 Å². The standard InChI is InChI=1S/C24H24F2N2/c1-27(2)21(17-15-19-11-7-5-8-12-19)23(24(25)26)22(28(3)4)18-16-20-13-9-6-10-14-20/h5-14,21-22H,1-4H3. The van der Waals surface area contributed by atoms with Gasteiger partial charge in [-0.3, -0.25) is 9.80 Å². The van der Waals surface area contributed by atoms with Gasteiger partial charge in [0.15, 0.2) is 0 Å². The first-order valence-corrected chi connectivity index (χ1v) is 8.91. The second kappa shape index (κ2) is 10.4. The quantitative estimate of drug-likeness (QED) is 0.739. The molecular formula is C24H24F2N2. The van der Waals surface area contributed by atoms with E-state index in [4.69, 9.17) is 0 Å². The van der Waals surface area contributed by atoms with Gasteiger partial charge in [-0.05, 0) is 52.5 Å². The van der Waals surface area contributed by atoms with Crippen molar-refractivity contribution in [2.24, 2.45) is 0 Å². The molecule has 4 heteroatoms. The first-order chi connectivity index (χ1) is 13.4. The van der Waals surface area contributed by atoms with Gasteiger partial charge < -0.3 is 0 Å². The molecule has 0 aliphatic rings. The first-order valence-electron chi connectivity index (χ1n) is 8.91. The molecule has 0 aliphatic heterocycles. The molecule has 2 nitrogen and oxygen atoms in total. The minimum atomic E-state index is -1.75. The van der Waals surface area contributed by atoms with Crippen molar-refractivity contribution in [2.45, 2.75) is 12.1 Å². The van der Waals surface area contributed by atoms with Gasteiger partial charge in [-0.25, -0.2) is 0 Å². The highest BCUT2D eigenvalue weighted by Gasteiger charge is 2.28. The van der Waals surface area contributed by atoms with Gasteiger partial charge in [-0.15, -0.1) is 0 Å². The Bertz CT molecular complexity index is 836. The summed E-state index contributed by atoms with van der Waals surface area (Å²) in [7, 11) is 6.96. The zero-order chi connectivity index (χ0) is 20.5. The Morgan fingerprint density at radius 3 is 1.32 bits per heavy atom. The Balaban J connectivity index is 2.45. The van der Waals surface area contributed by atoms with Crippen LogP contribution >= 0.6 is 0 Å². The van der Waals surface area contributed by atoms with E-state index in [-0.39, 0.29) is 5.57 Å². The molecule has 0 saturated carbocycles. The fourth-order valence-electron chi connectivity index (χ4n) is 2.67. The lowest BCUT2D eigenvalue weighted by molar-refractivity contribution is 0.296. The highest BCUT2D eigenvalue weighted by atomic mass is 19.3. The Kier molecular flexibility index (Phi) is 7.96. The van der Waals surface area contributed by atoms with Gasteiger partial charge in [0.2, 0.25) is 0 Å². The van der Waals surface area contributed by atoms with Crippen LogP contribution in [-0.2, 0) is 0 Å². The van der Waals surface area contributed by atoms with Gasteiger partial charge >= 0.3 is 0 Å². The Morgan fingerprint density at radius 1 is 0.679 bits per heavy atom. The van der Waals surface area contributed by atoms with Gasteiger partial charge in [0.05, 0.1) is 5.57 Å². The van der Waals surface area contributed by atoms with Crippen molar-refractivity contribution in [2.75, 3.05) is 28.2 Å². The Hall–Kier alpha value is -2.92. The largest absolute Gasteiger partial charge is 0.292 e. The Morgan fingerprint density at radius 2 is 1.04 bits per heavy atom. The van der Waals surface area contributed by atoms with E-state index in [1.165, 1.54) is 0 Å². The zero-order valence-corrected chi connectivity index (χ0v) is 16.6. The lowest BCUT2D eigenvalue weighted by Gasteiger charge is -2.28. The minimum Gasteiger partial charge on any atom is -0.292 e. The lowest BCUT2D eigenvalue weighted by atomic mass is 9.98. The van der Waals surface area contributed by atoms with Crippen LogP contribution in [0.3, 0.4) is 0 Å². The summed E-state index contributed by atoms with van der Waals surface area (Å²) in [6.07, 6.45) is -1.75. The molecule has 0 bridgehead atoms. The molecule has 0 heterocycles. The zero-order valence-electron chi connectivity index (χ0n) is 16.6. The predicted octanol–water partition coefficient (Wildman–Crippen LogP) is 4.10. The molecule has 0 aromatic heterocycles. The SMILES string of the molecule is CN(C)C(C#Cc1ccccc1)C(=C(F)F)C(C#Cc1ccccc1)N(C)C. The molecule has 0 amide bonds. The van der Waals surface area contributed by atoms with Gasteiger partial charge in [-0.1, -0.05) is 60.1 Å². The maximum atomic E-state index is 14.1. The molecule has 0 aliphatic carbocycles. The first kappa shape index (κ1) is 21.4. The van der Waals surface area contributed by atoms with Gasteiger partial charge in [0.25, 0.3) is 6.08 Å². The van der Waals surface area contributed by atoms with Crippen LogP contribution in [0.15, 0.2) is 72.3 Å². The van der Waals surface area contributed by atoms with Gasteiger partial charge in [-0.2, -0.15) is 8.78 Å². The number of hydrogen-bond acceptors (Lipinski definition) is 2. The molecular weight excluding hydrogens is 354 g/mol. The number of nitrogens with zero attached hydrogens (tertiary/aromatic N) is 2. The van der Waals surface area contributed by atoms with Crippen molar-refractivity contribution >= 4 is 0 Å². The lowest BCUT2D eigenvalue weighted by Crippen LogP contribution is -2.39. The van der Waals surface area contributed by atoms with Crippen LogP contribution in [-0.4, -0.2) is 50.1 Å². The van der Waals surface area contributed by atoms with E-state index in [0.717, 1.165) is 11.1 Å². The molecule has 28 heavy (non-hydrogen) atoms. The maximum absolute atomic E-state index is 14.1. The van der Waals surface area contributed by atoms with Crippen molar-refractivity contribution in [1.82, 2.24) is 9.80 Å². The molecule has 144 valence electrons. The third-order valence-corrected chi connectivity index (χ3v) is 4.09. The van der Waals surface area contributed by atoms with Crippen LogP contribution in [0.4, 0.5) is 8.78 Å². The number of halogens is 2. The summed E-state index contributed by atoms with van der Waals surface area (Å²) >= 11 is 0. The minimum absolute atomic E-state index is 0.0955. The fourth-order valence-corrected chi connectivity index (χ4v) is 2.67. The smallest absolute Gasteiger partial charge is 0.274 e. The fraction of sp³-hybridized carbons (Fsp3) is 0.250. The molecule has 0 N–H and O–H groups in total. The molecule has 0 spiro atoms. The number of benzene rings is 2. The molecule has 0 radical (unpaired) electrons. The monoisotopic (exact) mass is 378 g/mol. The van der Waals surface area contributed by atoms with E-state index >= 15 is 0 Å². The second-order valence-corrected chi connectivity index (χ2v) is 6.72.